The zero-order valence-electron chi connectivity index (χ0n) is 18.7. The molecule has 32 heavy (non-hydrogen) atoms. The lowest BCUT2D eigenvalue weighted by atomic mass is 10.1. The van der Waals surface area contributed by atoms with Gasteiger partial charge < -0.3 is 0 Å². The highest BCUT2D eigenvalue weighted by Crippen LogP contribution is 2.33. The third-order valence-corrected chi connectivity index (χ3v) is 7.35. The molecule has 1 amide bonds. The summed E-state index contributed by atoms with van der Waals surface area (Å²) in [5, 5.41) is 0.746. The maximum Gasteiger partial charge on any atom is 0.229 e. The van der Waals surface area contributed by atoms with Crippen LogP contribution in [0.5, 0.6) is 0 Å². The molecule has 4 nitrogen and oxygen atoms in total. The van der Waals surface area contributed by atoms with Crippen molar-refractivity contribution < 1.29 is 4.79 Å². The quantitative estimate of drug-likeness (QED) is 0.216. The van der Waals surface area contributed by atoms with Gasteiger partial charge >= 0.3 is 0 Å². The van der Waals surface area contributed by atoms with Crippen LogP contribution in [0.3, 0.4) is 0 Å². The van der Waals surface area contributed by atoms with E-state index < -0.39 is 0 Å². The molecule has 2 heterocycles. The number of hydrogen-bond donors (Lipinski definition) is 0. The number of fused-ring (bicyclic) bond motifs is 1. The van der Waals surface area contributed by atoms with Crippen molar-refractivity contribution in [3.05, 3.63) is 83.2 Å². The van der Waals surface area contributed by atoms with Gasteiger partial charge in [0.05, 0.1) is 22.5 Å². The van der Waals surface area contributed by atoms with Crippen LogP contribution >= 0.6 is 23.1 Å². The van der Waals surface area contributed by atoms with Crippen molar-refractivity contribution in [1.29, 1.82) is 0 Å². The number of amides is 1. The molecule has 2 aromatic heterocycles. The summed E-state index contributed by atoms with van der Waals surface area (Å²) in [7, 11) is 0. The molecule has 4 rings (SSSR count). The monoisotopic (exact) mass is 461 g/mol. The molecule has 0 aliphatic rings. The Balaban J connectivity index is 1.49. The Bertz CT molecular complexity index is 1200. The van der Waals surface area contributed by atoms with Crippen LogP contribution in [0, 0.1) is 20.8 Å². The fourth-order valence-electron chi connectivity index (χ4n) is 3.57. The molecular formula is C26H27N3OS2. The second-order valence-electron chi connectivity index (χ2n) is 7.99. The van der Waals surface area contributed by atoms with Gasteiger partial charge in [0.1, 0.15) is 0 Å². The van der Waals surface area contributed by atoms with Gasteiger partial charge in [-0.3, -0.25) is 14.7 Å². The number of aryl methyl sites for hydroxylation is 3. The van der Waals surface area contributed by atoms with Gasteiger partial charge in [0.2, 0.25) is 5.91 Å². The Morgan fingerprint density at radius 2 is 1.84 bits per heavy atom. The number of thiazole rings is 1. The second kappa shape index (κ2) is 10.3. The summed E-state index contributed by atoms with van der Waals surface area (Å²) in [4.78, 5) is 25.6. The molecule has 0 fully saturated rings. The molecule has 0 N–H and O–H groups in total. The molecule has 0 spiro atoms. The fraction of sp³-hybridized carbons (Fsp3) is 0.269. The van der Waals surface area contributed by atoms with Crippen molar-refractivity contribution in [3.63, 3.8) is 0 Å². The van der Waals surface area contributed by atoms with Crippen LogP contribution < -0.4 is 4.90 Å². The topological polar surface area (TPSA) is 46.1 Å². The van der Waals surface area contributed by atoms with Gasteiger partial charge in [-0.25, -0.2) is 4.98 Å². The molecule has 0 bridgehead atoms. The number of carbonyl (C=O) groups excluding carboxylic acids is 1. The predicted molar refractivity (Wildman–Crippen MR) is 136 cm³/mol. The average Bonchev–Trinajstić information content (AvgIpc) is 3.21. The van der Waals surface area contributed by atoms with Gasteiger partial charge in [0.15, 0.2) is 5.13 Å². The van der Waals surface area contributed by atoms with E-state index in [1.165, 1.54) is 16.0 Å². The highest BCUT2D eigenvalue weighted by Gasteiger charge is 2.21. The number of pyridine rings is 1. The Hall–Kier alpha value is -2.70. The van der Waals surface area contributed by atoms with Gasteiger partial charge in [-0.2, -0.15) is 0 Å². The number of carbonyl (C=O) groups is 1. The number of hydrogen-bond acceptors (Lipinski definition) is 5. The van der Waals surface area contributed by atoms with E-state index in [1.54, 1.807) is 34.2 Å². The van der Waals surface area contributed by atoms with Crippen molar-refractivity contribution in [2.75, 3.05) is 10.7 Å². The number of nitrogens with zero attached hydrogens (tertiary/aromatic N) is 3. The number of thioether (sulfide) groups is 1. The maximum atomic E-state index is 13.3. The average molecular weight is 462 g/mol. The molecule has 0 saturated carbocycles. The first-order valence-corrected chi connectivity index (χ1v) is 12.6. The number of rotatable bonds is 8. The minimum Gasteiger partial charge on any atom is -0.282 e. The summed E-state index contributed by atoms with van der Waals surface area (Å²) in [6.07, 6.45) is 3.07. The van der Waals surface area contributed by atoms with Crippen molar-refractivity contribution in [2.24, 2.45) is 0 Å². The maximum absolute atomic E-state index is 13.3. The second-order valence-corrected chi connectivity index (χ2v) is 10.2. The van der Waals surface area contributed by atoms with Crippen LogP contribution in [0.1, 0.15) is 35.2 Å². The third-order valence-electron chi connectivity index (χ3n) is 5.22. The van der Waals surface area contributed by atoms with Crippen LogP contribution in [0.2, 0.25) is 0 Å². The Labute approximate surface area is 197 Å². The highest BCUT2D eigenvalue weighted by atomic mass is 32.2. The largest absolute Gasteiger partial charge is 0.282 e. The first kappa shape index (κ1) is 22.5. The lowest BCUT2D eigenvalue weighted by Gasteiger charge is -2.19. The molecular weight excluding hydrogens is 434 g/mol. The molecule has 164 valence electrons. The Kier molecular flexibility index (Phi) is 7.22. The predicted octanol–water partition coefficient (Wildman–Crippen LogP) is 6.72. The van der Waals surface area contributed by atoms with Gasteiger partial charge in [0, 0.05) is 17.5 Å². The first-order chi connectivity index (χ1) is 15.5. The lowest BCUT2D eigenvalue weighted by Crippen LogP contribution is -2.30. The fourth-order valence-corrected chi connectivity index (χ4v) is 5.58. The van der Waals surface area contributed by atoms with Gasteiger partial charge in [-0.15, -0.1) is 11.8 Å². The van der Waals surface area contributed by atoms with Crippen molar-refractivity contribution >= 4 is 44.4 Å². The smallest absolute Gasteiger partial charge is 0.229 e. The number of benzene rings is 2. The molecule has 2 aromatic carbocycles. The van der Waals surface area contributed by atoms with Crippen LogP contribution in [0.25, 0.3) is 10.2 Å². The molecule has 0 unspecified atom stereocenters. The molecule has 0 aliphatic carbocycles. The van der Waals surface area contributed by atoms with Crippen LogP contribution in [0.4, 0.5) is 5.13 Å². The Morgan fingerprint density at radius 3 is 2.59 bits per heavy atom. The summed E-state index contributed by atoms with van der Waals surface area (Å²) in [5.74, 6) is 0.998. The van der Waals surface area contributed by atoms with E-state index in [0.29, 0.717) is 13.0 Å². The summed E-state index contributed by atoms with van der Waals surface area (Å²) in [6.45, 7) is 6.69. The van der Waals surface area contributed by atoms with Crippen LogP contribution in [-0.2, 0) is 11.3 Å². The zero-order chi connectivity index (χ0) is 22.5. The molecule has 0 atom stereocenters. The van der Waals surface area contributed by atoms with Gasteiger partial charge in [0.25, 0.3) is 0 Å². The molecule has 4 aromatic rings. The van der Waals surface area contributed by atoms with Crippen LogP contribution in [-0.4, -0.2) is 21.6 Å². The van der Waals surface area contributed by atoms with Crippen molar-refractivity contribution in [2.45, 2.75) is 45.1 Å². The first-order valence-electron chi connectivity index (χ1n) is 10.8. The number of anilines is 1. The normalized spacial score (nSPS) is 11.1. The standard InChI is InChI=1S/C26H27N3OS2/c1-18-9-11-22(12-10-18)31-14-6-8-24(30)29(17-21-7-4-5-13-27-21)26-28-25-20(3)15-19(2)16-23(25)32-26/h4-5,7,9-13,15-16H,6,8,14,17H2,1-3H3. The number of aromatic nitrogens is 2. The van der Waals surface area contributed by atoms with E-state index in [4.69, 9.17) is 4.98 Å². The highest BCUT2D eigenvalue weighted by molar-refractivity contribution is 7.99. The van der Waals surface area contributed by atoms with E-state index in [1.807, 2.05) is 18.2 Å². The zero-order valence-corrected chi connectivity index (χ0v) is 20.3. The van der Waals surface area contributed by atoms with E-state index in [9.17, 15) is 4.79 Å². The lowest BCUT2D eigenvalue weighted by molar-refractivity contribution is -0.118. The van der Waals surface area contributed by atoms with Gasteiger partial charge in [-0.1, -0.05) is 41.2 Å². The molecule has 0 radical (unpaired) electrons. The third kappa shape index (κ3) is 5.56. The summed E-state index contributed by atoms with van der Waals surface area (Å²) in [6, 6.07) is 18.6. The molecule has 0 aliphatic heterocycles. The summed E-state index contributed by atoms with van der Waals surface area (Å²) in [5.41, 5.74) is 5.45. The van der Waals surface area contributed by atoms with Crippen molar-refractivity contribution in [3.8, 4) is 0 Å². The van der Waals surface area contributed by atoms with E-state index in [0.717, 1.165) is 38.8 Å². The minimum absolute atomic E-state index is 0.0913. The summed E-state index contributed by atoms with van der Waals surface area (Å²) < 4.78 is 1.12. The molecule has 6 heteroatoms. The molecule has 0 saturated heterocycles. The van der Waals surface area contributed by atoms with Gasteiger partial charge in [-0.05, 0) is 74.4 Å². The van der Waals surface area contributed by atoms with E-state index in [2.05, 4.69) is 62.2 Å². The van der Waals surface area contributed by atoms with E-state index in [-0.39, 0.29) is 5.91 Å². The van der Waals surface area contributed by atoms with Crippen LogP contribution in [0.15, 0.2) is 65.7 Å². The summed E-state index contributed by atoms with van der Waals surface area (Å²) >= 11 is 3.37. The minimum atomic E-state index is 0.0913. The van der Waals surface area contributed by atoms with E-state index >= 15 is 0 Å². The van der Waals surface area contributed by atoms with Crippen molar-refractivity contribution in [1.82, 2.24) is 9.97 Å². The SMILES string of the molecule is Cc1ccc(SCCCC(=O)N(Cc2ccccn2)c2nc3c(C)cc(C)cc3s2)cc1. The Morgan fingerprint density at radius 1 is 1.03 bits per heavy atom.